The molecule has 0 aliphatic heterocycles. The van der Waals surface area contributed by atoms with E-state index in [1.54, 1.807) is 13.3 Å². The van der Waals surface area contributed by atoms with E-state index in [0.29, 0.717) is 12.5 Å². The van der Waals surface area contributed by atoms with E-state index in [-0.39, 0.29) is 11.9 Å². The van der Waals surface area contributed by atoms with Crippen molar-refractivity contribution in [2.45, 2.75) is 51.2 Å². The summed E-state index contributed by atoms with van der Waals surface area (Å²) in [6, 6.07) is 4.29. The number of amides is 1. The van der Waals surface area contributed by atoms with Crippen molar-refractivity contribution < 1.29 is 9.53 Å². The molecule has 5 heteroatoms. The van der Waals surface area contributed by atoms with Crippen LogP contribution in [0, 0.1) is 6.92 Å². The third kappa shape index (κ3) is 3.14. The molecule has 0 atom stereocenters. The van der Waals surface area contributed by atoms with Gasteiger partial charge in [-0.1, -0.05) is 6.07 Å². The average Bonchev–Trinajstić information content (AvgIpc) is 2.92. The first-order chi connectivity index (χ1) is 10.7. The van der Waals surface area contributed by atoms with Crippen molar-refractivity contribution >= 4 is 11.6 Å². The van der Waals surface area contributed by atoms with Crippen LogP contribution in [0.4, 0.5) is 0 Å². The largest absolute Gasteiger partial charge is 0.381 e. The van der Waals surface area contributed by atoms with E-state index in [4.69, 9.17) is 4.74 Å². The van der Waals surface area contributed by atoms with Crippen LogP contribution in [-0.4, -0.2) is 34.5 Å². The maximum absolute atomic E-state index is 12.3. The fourth-order valence-corrected chi connectivity index (χ4v) is 3.22. The Morgan fingerprint density at radius 2 is 2.18 bits per heavy atom. The topological polar surface area (TPSA) is 55.6 Å². The Labute approximate surface area is 130 Å². The number of ether oxygens (including phenoxy) is 1. The number of nitrogens with zero attached hydrogens (tertiary/aromatic N) is 2. The molecule has 1 saturated carbocycles. The summed E-state index contributed by atoms with van der Waals surface area (Å²) in [5.74, 6) is 0.0733. The van der Waals surface area contributed by atoms with Crippen molar-refractivity contribution in [1.29, 1.82) is 0 Å². The Morgan fingerprint density at radius 1 is 1.41 bits per heavy atom. The molecule has 0 radical (unpaired) electrons. The molecule has 0 unspecified atom stereocenters. The Balaban J connectivity index is 1.61. The molecule has 0 saturated heterocycles. The summed E-state index contributed by atoms with van der Waals surface area (Å²) in [6.45, 7) is 2.03. The lowest BCUT2D eigenvalue weighted by Gasteiger charge is -2.28. The number of aryl methyl sites for hydroxylation is 1. The lowest BCUT2D eigenvalue weighted by molar-refractivity contribution is -0.121. The highest BCUT2D eigenvalue weighted by atomic mass is 16.5. The summed E-state index contributed by atoms with van der Waals surface area (Å²) in [5, 5.41) is 3.15. The molecule has 0 aromatic carbocycles. The summed E-state index contributed by atoms with van der Waals surface area (Å²) in [7, 11) is 1.76. The van der Waals surface area contributed by atoms with Gasteiger partial charge in [0.15, 0.2) is 0 Å². The monoisotopic (exact) mass is 301 g/mol. The minimum atomic E-state index is 0.0733. The summed E-state index contributed by atoms with van der Waals surface area (Å²) >= 11 is 0. The lowest BCUT2D eigenvalue weighted by atomic mass is 9.93. The van der Waals surface area contributed by atoms with E-state index in [0.717, 1.165) is 42.6 Å². The number of pyridine rings is 1. The van der Waals surface area contributed by atoms with Crippen LogP contribution >= 0.6 is 0 Å². The zero-order valence-electron chi connectivity index (χ0n) is 13.2. The van der Waals surface area contributed by atoms with E-state index < -0.39 is 0 Å². The van der Waals surface area contributed by atoms with Gasteiger partial charge >= 0.3 is 0 Å². The molecule has 1 aliphatic rings. The number of nitrogens with one attached hydrogen (secondary N) is 1. The van der Waals surface area contributed by atoms with Crippen molar-refractivity contribution in [1.82, 2.24) is 14.7 Å². The summed E-state index contributed by atoms with van der Waals surface area (Å²) in [6.07, 6.45) is 8.52. The fraction of sp³-hybridized carbons (Fsp3) is 0.529. The number of imidazole rings is 1. The standard InChI is InChI=1S/C17H23N3O2/c1-12-4-3-9-20-14(11-18-17(12)20)10-16(21)19-13-5-7-15(22-2)8-6-13/h3-4,9,11,13,15H,5-8,10H2,1-2H3,(H,19,21). The second-order valence-corrected chi connectivity index (χ2v) is 6.09. The van der Waals surface area contributed by atoms with E-state index in [1.165, 1.54) is 0 Å². The smallest absolute Gasteiger partial charge is 0.226 e. The first-order valence-corrected chi connectivity index (χ1v) is 7.91. The molecule has 22 heavy (non-hydrogen) atoms. The molecule has 1 aliphatic carbocycles. The Bertz CT molecular complexity index is 657. The average molecular weight is 301 g/mol. The van der Waals surface area contributed by atoms with Crippen LogP contribution in [-0.2, 0) is 16.0 Å². The number of aromatic nitrogens is 2. The first-order valence-electron chi connectivity index (χ1n) is 7.91. The quantitative estimate of drug-likeness (QED) is 0.942. The van der Waals surface area contributed by atoms with Gasteiger partial charge in [0.05, 0.1) is 18.2 Å². The number of carbonyl (C=O) groups excluding carboxylic acids is 1. The van der Waals surface area contributed by atoms with Crippen LogP contribution in [0.2, 0.25) is 0 Å². The van der Waals surface area contributed by atoms with Crippen LogP contribution in [0.3, 0.4) is 0 Å². The molecular formula is C17H23N3O2. The van der Waals surface area contributed by atoms with Gasteiger partial charge in [0.2, 0.25) is 5.91 Å². The zero-order chi connectivity index (χ0) is 15.5. The molecule has 118 valence electrons. The Morgan fingerprint density at radius 3 is 2.91 bits per heavy atom. The van der Waals surface area contributed by atoms with E-state index >= 15 is 0 Å². The summed E-state index contributed by atoms with van der Waals surface area (Å²) in [5.41, 5.74) is 2.97. The predicted molar refractivity (Wildman–Crippen MR) is 84.8 cm³/mol. The maximum Gasteiger partial charge on any atom is 0.226 e. The molecule has 3 rings (SSSR count). The SMILES string of the molecule is COC1CCC(NC(=O)Cc2cnc3c(C)cccn23)CC1. The molecule has 1 fully saturated rings. The predicted octanol–water partition coefficient (Wildman–Crippen LogP) is 2.26. The molecule has 0 bridgehead atoms. The van der Waals surface area contributed by atoms with Gasteiger partial charge in [-0.25, -0.2) is 4.98 Å². The van der Waals surface area contributed by atoms with Gasteiger partial charge in [-0.05, 0) is 44.2 Å². The number of hydrogen-bond acceptors (Lipinski definition) is 3. The molecule has 0 spiro atoms. The van der Waals surface area contributed by atoms with Gasteiger partial charge in [-0.2, -0.15) is 0 Å². The molecule has 2 aromatic rings. The van der Waals surface area contributed by atoms with Crippen molar-refractivity contribution in [3.8, 4) is 0 Å². The van der Waals surface area contributed by atoms with Gasteiger partial charge < -0.3 is 14.5 Å². The third-order valence-corrected chi connectivity index (χ3v) is 4.52. The van der Waals surface area contributed by atoms with Crippen molar-refractivity contribution in [3.05, 3.63) is 35.8 Å². The third-order valence-electron chi connectivity index (χ3n) is 4.52. The van der Waals surface area contributed by atoms with Gasteiger partial charge in [0, 0.05) is 25.5 Å². The molecule has 5 nitrogen and oxygen atoms in total. The Kier molecular flexibility index (Phi) is 4.43. The van der Waals surface area contributed by atoms with Crippen molar-refractivity contribution in [2.75, 3.05) is 7.11 Å². The fourth-order valence-electron chi connectivity index (χ4n) is 3.22. The Hall–Kier alpha value is -1.88. The number of fused-ring (bicyclic) bond motifs is 1. The van der Waals surface area contributed by atoms with Gasteiger partial charge in [-0.3, -0.25) is 4.79 Å². The van der Waals surface area contributed by atoms with Crippen molar-refractivity contribution in [2.24, 2.45) is 0 Å². The second kappa shape index (κ2) is 6.48. The van der Waals surface area contributed by atoms with E-state index in [9.17, 15) is 4.79 Å². The van der Waals surface area contributed by atoms with E-state index in [1.807, 2.05) is 29.7 Å². The minimum Gasteiger partial charge on any atom is -0.381 e. The zero-order valence-corrected chi connectivity index (χ0v) is 13.2. The molecular weight excluding hydrogens is 278 g/mol. The highest BCUT2D eigenvalue weighted by Gasteiger charge is 2.22. The summed E-state index contributed by atoms with van der Waals surface area (Å²) < 4.78 is 7.36. The lowest BCUT2D eigenvalue weighted by Crippen LogP contribution is -2.39. The second-order valence-electron chi connectivity index (χ2n) is 6.09. The van der Waals surface area contributed by atoms with Crippen LogP contribution in [0.15, 0.2) is 24.5 Å². The number of rotatable bonds is 4. The van der Waals surface area contributed by atoms with Crippen LogP contribution in [0.25, 0.3) is 5.65 Å². The van der Waals surface area contributed by atoms with Gasteiger partial charge in [-0.15, -0.1) is 0 Å². The van der Waals surface area contributed by atoms with Crippen LogP contribution in [0.5, 0.6) is 0 Å². The molecule has 2 aromatic heterocycles. The normalized spacial score (nSPS) is 21.9. The molecule has 1 amide bonds. The van der Waals surface area contributed by atoms with Gasteiger partial charge in [0.1, 0.15) is 5.65 Å². The summed E-state index contributed by atoms with van der Waals surface area (Å²) in [4.78, 5) is 16.7. The maximum atomic E-state index is 12.3. The molecule has 1 N–H and O–H groups in total. The number of methoxy groups -OCH3 is 1. The molecule has 2 heterocycles. The van der Waals surface area contributed by atoms with Crippen LogP contribution in [0.1, 0.15) is 36.9 Å². The minimum absolute atomic E-state index is 0.0733. The number of hydrogen-bond donors (Lipinski definition) is 1. The van der Waals surface area contributed by atoms with E-state index in [2.05, 4.69) is 10.3 Å². The highest BCUT2D eigenvalue weighted by Crippen LogP contribution is 2.20. The van der Waals surface area contributed by atoms with Crippen molar-refractivity contribution in [3.63, 3.8) is 0 Å². The highest BCUT2D eigenvalue weighted by molar-refractivity contribution is 5.78. The first kappa shape index (κ1) is 15.0. The number of carbonyl (C=O) groups is 1. The van der Waals surface area contributed by atoms with Crippen LogP contribution < -0.4 is 5.32 Å². The van der Waals surface area contributed by atoms with Gasteiger partial charge in [0.25, 0.3) is 0 Å².